The van der Waals surface area contributed by atoms with Crippen molar-refractivity contribution in [2.75, 3.05) is 0 Å². The highest BCUT2D eigenvalue weighted by atomic mass is 79.9. The van der Waals surface area contributed by atoms with Gasteiger partial charge in [-0.05, 0) is 34.1 Å². The second-order valence-electron chi connectivity index (χ2n) is 4.11. The Hall–Kier alpha value is -1.93. The van der Waals surface area contributed by atoms with Crippen molar-refractivity contribution in [3.8, 4) is 0 Å². The molecule has 0 unspecified atom stereocenters. The van der Waals surface area contributed by atoms with Crippen LogP contribution >= 0.6 is 27.3 Å². The SMILES string of the molecule is O=C(NCc1cc(C(=O)O)ccn1)NCc1cc(Br)cs1. The molecule has 21 heavy (non-hydrogen) atoms. The molecule has 0 aromatic carbocycles. The lowest BCUT2D eigenvalue weighted by Crippen LogP contribution is -2.34. The molecule has 0 saturated heterocycles. The lowest BCUT2D eigenvalue weighted by molar-refractivity contribution is 0.0696. The van der Waals surface area contributed by atoms with Crippen LogP contribution in [0.4, 0.5) is 4.79 Å². The van der Waals surface area contributed by atoms with E-state index in [0.29, 0.717) is 12.2 Å². The third-order valence-corrected chi connectivity index (χ3v) is 4.24. The summed E-state index contributed by atoms with van der Waals surface area (Å²) in [6, 6.07) is 4.43. The number of nitrogens with zero attached hydrogens (tertiary/aromatic N) is 1. The standard InChI is InChI=1S/C13H12BrN3O3S/c14-9-4-11(21-7-9)6-17-13(20)16-5-10-3-8(12(18)19)1-2-15-10/h1-4,7H,5-6H2,(H,18,19)(H2,16,17,20). The number of halogens is 1. The van der Waals surface area contributed by atoms with E-state index in [4.69, 9.17) is 5.11 Å². The minimum absolute atomic E-state index is 0.144. The summed E-state index contributed by atoms with van der Waals surface area (Å²) >= 11 is 4.89. The maximum Gasteiger partial charge on any atom is 0.335 e. The number of carbonyl (C=O) groups excluding carboxylic acids is 1. The Morgan fingerprint density at radius 1 is 1.29 bits per heavy atom. The fraction of sp³-hybridized carbons (Fsp3) is 0.154. The largest absolute Gasteiger partial charge is 0.478 e. The molecule has 0 saturated carbocycles. The first-order chi connectivity index (χ1) is 10.0. The summed E-state index contributed by atoms with van der Waals surface area (Å²) in [5.74, 6) is -1.02. The molecule has 0 atom stereocenters. The van der Waals surface area contributed by atoms with Gasteiger partial charge in [0.2, 0.25) is 0 Å². The molecule has 0 fully saturated rings. The molecule has 0 aliphatic rings. The number of thiophene rings is 1. The van der Waals surface area contributed by atoms with Gasteiger partial charge in [-0.15, -0.1) is 11.3 Å². The second kappa shape index (κ2) is 7.19. The summed E-state index contributed by atoms with van der Waals surface area (Å²) in [7, 11) is 0. The molecule has 2 rings (SSSR count). The summed E-state index contributed by atoms with van der Waals surface area (Å²) in [6.07, 6.45) is 1.40. The van der Waals surface area contributed by atoms with Crippen LogP contribution in [0.5, 0.6) is 0 Å². The average Bonchev–Trinajstić information content (AvgIpc) is 2.89. The molecule has 2 amide bonds. The van der Waals surface area contributed by atoms with Gasteiger partial charge in [-0.3, -0.25) is 4.98 Å². The summed E-state index contributed by atoms with van der Waals surface area (Å²) in [6.45, 7) is 0.603. The van der Waals surface area contributed by atoms with E-state index in [1.54, 1.807) is 11.3 Å². The van der Waals surface area contributed by atoms with E-state index < -0.39 is 5.97 Å². The zero-order valence-electron chi connectivity index (χ0n) is 10.8. The number of urea groups is 1. The number of rotatable bonds is 5. The van der Waals surface area contributed by atoms with E-state index in [-0.39, 0.29) is 18.1 Å². The third-order valence-electron chi connectivity index (χ3n) is 2.54. The smallest absolute Gasteiger partial charge is 0.335 e. The van der Waals surface area contributed by atoms with E-state index in [9.17, 15) is 9.59 Å². The molecule has 8 heteroatoms. The van der Waals surface area contributed by atoms with Gasteiger partial charge in [0, 0.05) is 20.9 Å². The molecule has 0 aliphatic heterocycles. The van der Waals surface area contributed by atoms with Crippen molar-refractivity contribution in [1.82, 2.24) is 15.6 Å². The number of hydrogen-bond donors (Lipinski definition) is 3. The van der Waals surface area contributed by atoms with Crippen molar-refractivity contribution in [2.24, 2.45) is 0 Å². The molecule has 110 valence electrons. The fourth-order valence-electron chi connectivity index (χ4n) is 1.56. The van der Waals surface area contributed by atoms with Gasteiger partial charge in [-0.2, -0.15) is 0 Å². The van der Waals surface area contributed by atoms with Crippen LogP contribution < -0.4 is 10.6 Å². The lowest BCUT2D eigenvalue weighted by atomic mass is 10.2. The minimum Gasteiger partial charge on any atom is -0.478 e. The number of aromatic carboxylic acids is 1. The van der Waals surface area contributed by atoms with Gasteiger partial charge in [-0.25, -0.2) is 9.59 Å². The number of carboxylic acids is 1. The lowest BCUT2D eigenvalue weighted by Gasteiger charge is -2.06. The van der Waals surface area contributed by atoms with Crippen LogP contribution in [0.25, 0.3) is 0 Å². The molecule has 3 N–H and O–H groups in total. The minimum atomic E-state index is -1.02. The first-order valence-corrected chi connectivity index (χ1v) is 7.64. The van der Waals surface area contributed by atoms with E-state index >= 15 is 0 Å². The average molecular weight is 370 g/mol. The number of nitrogens with one attached hydrogen (secondary N) is 2. The fourth-order valence-corrected chi connectivity index (χ4v) is 2.95. The highest BCUT2D eigenvalue weighted by molar-refractivity contribution is 9.10. The highest BCUT2D eigenvalue weighted by Gasteiger charge is 2.06. The number of carboxylic acid groups (broad SMARTS) is 1. The molecule has 2 aromatic rings. The topological polar surface area (TPSA) is 91.3 Å². The highest BCUT2D eigenvalue weighted by Crippen LogP contribution is 2.19. The van der Waals surface area contributed by atoms with Crippen molar-refractivity contribution in [1.29, 1.82) is 0 Å². The van der Waals surface area contributed by atoms with Crippen LogP contribution in [0, 0.1) is 0 Å². The van der Waals surface area contributed by atoms with Gasteiger partial charge in [0.15, 0.2) is 0 Å². The quantitative estimate of drug-likeness (QED) is 0.755. The zero-order chi connectivity index (χ0) is 15.2. The van der Waals surface area contributed by atoms with Gasteiger partial charge in [0.25, 0.3) is 0 Å². The monoisotopic (exact) mass is 369 g/mol. The summed E-state index contributed by atoms with van der Waals surface area (Å²) < 4.78 is 0.986. The summed E-state index contributed by atoms with van der Waals surface area (Å²) in [5.41, 5.74) is 0.634. The Labute approximate surface area is 133 Å². The number of amides is 2. The third kappa shape index (κ3) is 4.83. The van der Waals surface area contributed by atoms with Crippen LogP contribution in [0.1, 0.15) is 20.9 Å². The van der Waals surface area contributed by atoms with E-state index in [2.05, 4.69) is 31.5 Å². The molecule has 2 heterocycles. The Morgan fingerprint density at radius 2 is 2.05 bits per heavy atom. The van der Waals surface area contributed by atoms with Gasteiger partial charge >= 0.3 is 12.0 Å². The van der Waals surface area contributed by atoms with Crippen molar-refractivity contribution < 1.29 is 14.7 Å². The van der Waals surface area contributed by atoms with Gasteiger partial charge < -0.3 is 15.7 Å². The Bertz CT molecular complexity index is 660. The van der Waals surface area contributed by atoms with Crippen molar-refractivity contribution in [3.63, 3.8) is 0 Å². The Balaban J connectivity index is 1.81. The van der Waals surface area contributed by atoms with Gasteiger partial charge in [0.05, 0.1) is 24.3 Å². The van der Waals surface area contributed by atoms with Gasteiger partial charge in [-0.1, -0.05) is 0 Å². The molecular formula is C13H12BrN3O3S. The zero-order valence-corrected chi connectivity index (χ0v) is 13.2. The summed E-state index contributed by atoms with van der Waals surface area (Å²) in [5, 5.41) is 16.2. The van der Waals surface area contributed by atoms with Gasteiger partial charge in [0.1, 0.15) is 0 Å². The maximum atomic E-state index is 11.6. The van der Waals surface area contributed by atoms with Crippen LogP contribution in [0.3, 0.4) is 0 Å². The number of hydrogen-bond acceptors (Lipinski definition) is 4. The molecule has 0 aliphatic carbocycles. The molecule has 6 nitrogen and oxygen atoms in total. The number of aromatic nitrogens is 1. The molecular weight excluding hydrogens is 358 g/mol. The predicted octanol–water partition coefficient (Wildman–Crippen LogP) is 2.60. The first-order valence-electron chi connectivity index (χ1n) is 5.97. The van der Waals surface area contributed by atoms with Crippen LogP contribution in [-0.4, -0.2) is 22.1 Å². The van der Waals surface area contributed by atoms with E-state index in [1.807, 2.05) is 11.4 Å². The van der Waals surface area contributed by atoms with Crippen LogP contribution in [0.2, 0.25) is 0 Å². The van der Waals surface area contributed by atoms with Crippen molar-refractivity contribution in [2.45, 2.75) is 13.1 Å². The first kappa shape index (κ1) is 15.5. The number of carbonyl (C=O) groups is 2. The summed E-state index contributed by atoms with van der Waals surface area (Å²) in [4.78, 5) is 27.5. The second-order valence-corrected chi connectivity index (χ2v) is 6.02. The van der Waals surface area contributed by atoms with E-state index in [0.717, 1.165) is 9.35 Å². The predicted molar refractivity (Wildman–Crippen MR) is 82.3 cm³/mol. The normalized spacial score (nSPS) is 10.1. The maximum absolute atomic E-state index is 11.6. The van der Waals surface area contributed by atoms with Crippen molar-refractivity contribution >= 4 is 39.3 Å². The molecule has 0 radical (unpaired) electrons. The Morgan fingerprint density at radius 3 is 2.71 bits per heavy atom. The number of pyridine rings is 1. The van der Waals surface area contributed by atoms with Crippen molar-refractivity contribution in [3.05, 3.63) is 50.4 Å². The van der Waals surface area contributed by atoms with Crippen LogP contribution in [0.15, 0.2) is 34.2 Å². The molecule has 0 spiro atoms. The molecule has 2 aromatic heterocycles. The van der Waals surface area contributed by atoms with Crippen LogP contribution in [-0.2, 0) is 13.1 Å². The Kier molecular flexibility index (Phi) is 5.29. The van der Waals surface area contributed by atoms with E-state index in [1.165, 1.54) is 18.3 Å². The molecule has 0 bridgehead atoms.